The molecule has 10 aliphatic heterocycles. The van der Waals surface area contributed by atoms with Crippen molar-refractivity contribution in [2.45, 2.75) is 334 Å². The van der Waals surface area contributed by atoms with Gasteiger partial charge in [0.2, 0.25) is 23.6 Å². The SMILES string of the molecule is CC(=O)NC1C([C@H]2C(O)[C@H](O)[C@@H](CO[C@H]3O[C@@H](CO)[C@H](O)C(O)[C@@H]3NC(C)=O)O[C@@H]2OC[C@H]2O[C@@H](O[C@H]3C(O)[C@H](NC(C)=O)[C@H](O[C@H]4C(O)[C@@H](NC(=O)O)[C@H](S)O[C@@H]4CO[C@@H]4O[C@@H](C)[C@@H](O)[C@@H](O)[C@@H]4O)O[C@@H]3CO)[C@@H](O)[C@H](O[C@H]3O[C@H](CO)[C@@H](O[C@@H]4O[C@H](CO)[C@@H](O)C(O)[C@H]4NC(=O)O)C(O)[C@H]3O[C@@H]3O[C@H](CO)[C@@H](O)C(O)[C@H]3NC(C)=O)[C@@H]2O)O[C@H](CO)[C@@H](O)C1O. The fourth-order valence-electron chi connectivity index (χ4n) is 16.7. The standard InChI is InChI=1S/C70H116N6O50S/c1-15-36(87)50(101)51(102)65(112-15)111-14-28-56(49(100)35(68(127)121-28)76-70(107)108)123-64-34(74-19(5)86)48(99)54(24(10-81)117-64)124-66-53(104)58(125-67-59(126-62-32(73-18(4)85)46(97)39(90)22(8-79)115-62)52(103)55(25(11-82)118-67)122-63-33(75-69(105)106)47(98)40(91)23(9-80)116-63)42(93)27(120-66)13-109-60-29(57-30(71-16(2)83)44(95)37(88)20(6-77)113-57)43(94)41(92)26(119-60)12-110-61-31(72-17(3)84)45(96)38(89)21(7-78)114-61/h15,20-68,75-82,87-104,127H,6-14H2,1-5H3,(H,71,83)(H,72,84)(H,73,85)(H,74,86)(H,105,106)(H,107,108)/t15-,20+,21-,22+,23+,24+,25+,26+,27+,28+,29+,30?,31-,32+,33+,34-,35+,36+,37+,38-,39+,40+,41+,42+,43?,44?,45?,46?,47?,48?,49?,50+,51-,52?,53-,54+,55+,56+,57?,58+,59+,60-,61-,62-,63-,64-,65+,66-,67+,68-/m0/s1. The summed E-state index contributed by atoms with van der Waals surface area (Å²) in [5, 5.41) is 306. The first-order valence-corrected chi connectivity index (χ1v) is 40.8. The Morgan fingerprint density at radius 2 is 0.598 bits per heavy atom. The second kappa shape index (κ2) is 45.4. The lowest BCUT2D eigenvalue weighted by molar-refractivity contribution is -0.402. The lowest BCUT2D eigenvalue weighted by Crippen LogP contribution is -2.71. The number of nitrogens with one attached hydrogen (secondary N) is 6. The molecule has 10 rings (SSSR count). The van der Waals surface area contributed by atoms with E-state index in [-0.39, 0.29) is 0 Å². The highest BCUT2D eigenvalue weighted by atomic mass is 32.1. The molecule has 127 heavy (non-hydrogen) atoms. The van der Waals surface area contributed by atoms with Crippen LogP contribution in [0, 0.1) is 5.92 Å². The van der Waals surface area contributed by atoms with Crippen LogP contribution in [0.4, 0.5) is 9.59 Å². The summed E-state index contributed by atoms with van der Waals surface area (Å²) >= 11 is 4.30. The molecule has 6 amide bonds. The first-order chi connectivity index (χ1) is 59.9. The van der Waals surface area contributed by atoms with Crippen molar-refractivity contribution in [2.24, 2.45) is 5.92 Å². The molecular weight excluding hydrogens is 1760 g/mol. The van der Waals surface area contributed by atoms with Gasteiger partial charge in [-0.2, -0.15) is 0 Å². The summed E-state index contributed by atoms with van der Waals surface area (Å²) < 4.78 is 109. The van der Waals surface area contributed by atoms with Crippen LogP contribution in [0.15, 0.2) is 0 Å². The van der Waals surface area contributed by atoms with Gasteiger partial charge in [0.15, 0.2) is 50.3 Å². The average Bonchev–Trinajstić information content (AvgIpc) is 0.755. The summed E-state index contributed by atoms with van der Waals surface area (Å²) in [7, 11) is 0. The van der Waals surface area contributed by atoms with Crippen LogP contribution in [0.2, 0.25) is 0 Å². The molecule has 57 heteroatoms. The molecule has 0 spiro atoms. The van der Waals surface area contributed by atoms with Crippen molar-refractivity contribution in [1.82, 2.24) is 31.9 Å². The lowest BCUT2D eigenvalue weighted by Gasteiger charge is -2.52. The van der Waals surface area contributed by atoms with E-state index >= 15 is 0 Å². The zero-order valence-electron chi connectivity index (χ0n) is 68.1. The maximum absolute atomic E-state index is 13.4. The molecule has 0 aromatic carbocycles. The zero-order chi connectivity index (χ0) is 93.7. The monoisotopic (exact) mass is 1870 g/mol. The van der Waals surface area contributed by atoms with E-state index in [0.29, 0.717) is 0 Å². The predicted molar refractivity (Wildman–Crippen MR) is 398 cm³/mol. The second-order valence-electron chi connectivity index (χ2n) is 32.1. The molecule has 10 heterocycles. The molecule has 0 radical (unpaired) electrons. The number of carbonyl (C=O) groups is 6. The van der Waals surface area contributed by atoms with E-state index < -0.39 is 401 Å². The number of carbonyl (C=O) groups excluding carboxylic acids is 4. The van der Waals surface area contributed by atoms with Gasteiger partial charge in [-0.3, -0.25) is 19.2 Å². The number of rotatable bonds is 32. The van der Waals surface area contributed by atoms with Gasteiger partial charge >= 0.3 is 12.2 Å². The number of amides is 6. The fraction of sp³-hybridized carbons (Fsp3) is 0.914. The van der Waals surface area contributed by atoms with E-state index in [1.54, 1.807) is 0 Å². The van der Waals surface area contributed by atoms with Gasteiger partial charge in [0, 0.05) is 27.7 Å². The van der Waals surface area contributed by atoms with Crippen molar-refractivity contribution in [3.05, 3.63) is 0 Å². The number of aliphatic hydroxyl groups is 24. The van der Waals surface area contributed by atoms with Gasteiger partial charge < -0.3 is 250 Å². The van der Waals surface area contributed by atoms with E-state index in [1.807, 2.05) is 10.6 Å². The molecule has 10 fully saturated rings. The van der Waals surface area contributed by atoms with E-state index in [2.05, 4.69) is 33.9 Å². The maximum Gasteiger partial charge on any atom is 0.405 e. The minimum atomic E-state index is -2.73. The Balaban J connectivity index is 1.06. The normalized spacial score (nSPS) is 48.1. The summed E-state index contributed by atoms with van der Waals surface area (Å²) in [6.07, 6.45) is -92.7. The topological polar surface area (TPSA) is 867 Å². The van der Waals surface area contributed by atoms with Crippen molar-refractivity contribution in [3.8, 4) is 0 Å². The van der Waals surface area contributed by atoms with Crippen molar-refractivity contribution < 1.29 is 247 Å². The van der Waals surface area contributed by atoms with Crippen molar-refractivity contribution in [2.75, 3.05) is 59.5 Å². The van der Waals surface area contributed by atoms with Crippen molar-refractivity contribution in [1.29, 1.82) is 0 Å². The van der Waals surface area contributed by atoms with Gasteiger partial charge in [-0.25, -0.2) is 9.59 Å². The van der Waals surface area contributed by atoms with Gasteiger partial charge in [0.25, 0.3) is 0 Å². The third-order valence-corrected chi connectivity index (χ3v) is 23.8. The summed E-state index contributed by atoms with van der Waals surface area (Å²) in [6, 6.07) is -11.4. The van der Waals surface area contributed by atoms with E-state index in [4.69, 9.17) is 85.3 Å². The molecule has 0 aromatic heterocycles. The van der Waals surface area contributed by atoms with E-state index in [9.17, 15) is 162 Å². The minimum absolute atomic E-state index is 0.827. The second-order valence-corrected chi connectivity index (χ2v) is 32.6. The van der Waals surface area contributed by atoms with Crippen molar-refractivity contribution >= 4 is 48.4 Å². The van der Waals surface area contributed by atoms with Crippen LogP contribution in [0.1, 0.15) is 34.6 Å². The number of carboxylic acid groups (broad SMARTS) is 2. The van der Waals surface area contributed by atoms with Crippen molar-refractivity contribution in [3.63, 3.8) is 0 Å². The van der Waals surface area contributed by atoms with E-state index in [1.165, 1.54) is 6.92 Å². The Labute approximate surface area is 724 Å². The molecule has 0 aromatic rings. The first-order valence-electron chi connectivity index (χ1n) is 40.3. The van der Waals surface area contributed by atoms with Crippen LogP contribution in [0.25, 0.3) is 0 Å². The number of aliphatic hydroxyl groups excluding tert-OH is 24. The Morgan fingerprint density at radius 1 is 0.268 bits per heavy atom. The van der Waals surface area contributed by atoms with Gasteiger partial charge in [0.1, 0.15) is 219 Å². The van der Waals surface area contributed by atoms with Crippen LogP contribution >= 0.6 is 12.6 Å². The Kier molecular flexibility index (Phi) is 37.3. The molecule has 0 bridgehead atoms. The summed E-state index contributed by atoms with van der Waals surface area (Å²) in [5.41, 5.74) is -1.58. The van der Waals surface area contributed by atoms with Gasteiger partial charge in [-0.15, -0.1) is 12.6 Å². The molecule has 50 atom stereocenters. The number of hydrogen-bond donors (Lipinski definition) is 33. The highest BCUT2D eigenvalue weighted by molar-refractivity contribution is 7.80. The minimum Gasteiger partial charge on any atom is -0.465 e. The van der Waals surface area contributed by atoms with Crippen LogP contribution in [-0.2, 0) is 104 Å². The Morgan fingerprint density at radius 3 is 1.09 bits per heavy atom. The van der Waals surface area contributed by atoms with Crippen LogP contribution in [0.5, 0.6) is 0 Å². The Hall–Kier alpha value is -4.91. The highest BCUT2D eigenvalue weighted by Gasteiger charge is 2.63. The first kappa shape index (κ1) is 104. The van der Waals surface area contributed by atoms with Gasteiger partial charge in [-0.1, -0.05) is 0 Å². The molecule has 56 nitrogen and oxygen atoms in total. The summed E-state index contributed by atoms with van der Waals surface area (Å²) in [6.45, 7) is -5.11. The molecule has 10 unspecified atom stereocenters. The van der Waals surface area contributed by atoms with Crippen LogP contribution in [-0.4, -0.2) is 528 Å². The molecule has 10 aliphatic rings. The van der Waals surface area contributed by atoms with Crippen LogP contribution < -0.4 is 31.9 Å². The predicted octanol–water partition coefficient (Wildman–Crippen LogP) is -19.4. The molecule has 732 valence electrons. The molecular formula is C70H116N6O50S. The fourth-order valence-corrected chi connectivity index (χ4v) is 17.1. The lowest BCUT2D eigenvalue weighted by atomic mass is 9.79. The highest BCUT2D eigenvalue weighted by Crippen LogP contribution is 2.42. The molecule has 32 N–H and O–H groups in total. The molecule has 10 saturated heterocycles. The smallest absolute Gasteiger partial charge is 0.405 e. The van der Waals surface area contributed by atoms with Crippen LogP contribution in [0.3, 0.4) is 0 Å². The number of hydrogen-bond acceptors (Lipinski definition) is 49. The number of thiol groups is 1. The number of ether oxygens (including phenoxy) is 18. The van der Waals surface area contributed by atoms with Gasteiger partial charge in [-0.05, 0) is 6.92 Å². The molecule has 0 saturated carbocycles. The third-order valence-electron chi connectivity index (χ3n) is 23.3. The largest absolute Gasteiger partial charge is 0.465 e. The maximum atomic E-state index is 13.4. The van der Waals surface area contributed by atoms with E-state index in [0.717, 1.165) is 27.7 Å². The summed E-state index contributed by atoms with van der Waals surface area (Å²) in [4.78, 5) is 76.1. The quantitative estimate of drug-likeness (QED) is 0.0278. The summed E-state index contributed by atoms with van der Waals surface area (Å²) in [5.74, 6) is -5.84. The third kappa shape index (κ3) is 23.5. The van der Waals surface area contributed by atoms with Gasteiger partial charge in [0.05, 0.1) is 95.8 Å². The molecule has 0 aliphatic carbocycles. The average molecular weight is 1870 g/mol. The zero-order valence-corrected chi connectivity index (χ0v) is 69.0. The Bertz CT molecular complexity index is 3540.